The van der Waals surface area contributed by atoms with Crippen LogP contribution in [0, 0.1) is 5.82 Å². The summed E-state index contributed by atoms with van der Waals surface area (Å²) < 4.78 is 16.3. The third-order valence-corrected chi connectivity index (χ3v) is 5.77. The van der Waals surface area contributed by atoms with E-state index in [0.717, 1.165) is 6.07 Å². The number of hydrogen-bond acceptors (Lipinski definition) is 5. The molecule has 2 aliphatic heterocycles. The maximum absolute atomic E-state index is 14.5. The van der Waals surface area contributed by atoms with Crippen LogP contribution in [0.4, 0.5) is 10.1 Å². The first-order chi connectivity index (χ1) is 11.4. The third kappa shape index (κ3) is 2.06. The highest BCUT2D eigenvalue weighted by Gasteiger charge is 2.33. The fourth-order valence-electron chi connectivity index (χ4n) is 3.43. The molecule has 24 heavy (non-hydrogen) atoms. The minimum absolute atomic E-state index is 0.0244. The quantitative estimate of drug-likeness (QED) is 0.862. The number of carboxylic acids is 1. The molecule has 4 rings (SSSR count). The molecule has 0 saturated carbocycles. The van der Waals surface area contributed by atoms with Crippen molar-refractivity contribution in [1.29, 1.82) is 0 Å². The number of aliphatic hydroxyl groups excluding tert-OH is 1. The minimum Gasteiger partial charge on any atom is -0.477 e. The Hall–Kier alpha value is -2.06. The van der Waals surface area contributed by atoms with Gasteiger partial charge in [-0.1, -0.05) is 11.8 Å². The summed E-state index contributed by atoms with van der Waals surface area (Å²) in [5.74, 6) is -1.87. The smallest absolute Gasteiger partial charge is 0.342 e. The first-order valence-electron chi connectivity index (χ1n) is 7.63. The average molecular weight is 350 g/mol. The molecule has 2 aliphatic rings. The van der Waals surface area contributed by atoms with Crippen LogP contribution >= 0.6 is 11.8 Å². The minimum atomic E-state index is -1.29. The largest absolute Gasteiger partial charge is 0.477 e. The molecule has 8 heteroatoms. The van der Waals surface area contributed by atoms with Gasteiger partial charge in [0.2, 0.25) is 5.43 Å². The lowest BCUT2D eigenvalue weighted by atomic mass is 10.1. The number of pyridine rings is 1. The lowest BCUT2D eigenvalue weighted by Crippen LogP contribution is -2.29. The summed E-state index contributed by atoms with van der Waals surface area (Å²) >= 11 is 1.32. The third-order valence-electron chi connectivity index (χ3n) is 4.59. The van der Waals surface area contributed by atoms with Crippen LogP contribution in [0.2, 0.25) is 0 Å². The normalized spacial score (nSPS) is 22.5. The molecule has 1 fully saturated rings. The number of rotatable bonds is 2. The molecule has 6 nitrogen and oxygen atoms in total. The van der Waals surface area contributed by atoms with Crippen molar-refractivity contribution >= 4 is 34.3 Å². The van der Waals surface area contributed by atoms with Crippen molar-refractivity contribution in [2.24, 2.45) is 0 Å². The number of halogens is 1. The maximum atomic E-state index is 14.5. The summed E-state index contributed by atoms with van der Waals surface area (Å²) in [5, 5.41) is 19.4. The number of hydrogen-bond donors (Lipinski definition) is 2. The number of β-amino-alcohol motifs (C(OH)–C–C–N with tert-alkyl or cyclic N) is 1. The van der Waals surface area contributed by atoms with E-state index < -0.39 is 23.3 Å². The van der Waals surface area contributed by atoms with Gasteiger partial charge in [-0.05, 0) is 25.5 Å². The van der Waals surface area contributed by atoms with Crippen LogP contribution in [0.1, 0.15) is 29.1 Å². The zero-order valence-corrected chi connectivity index (χ0v) is 13.6. The van der Waals surface area contributed by atoms with Crippen molar-refractivity contribution in [3.63, 3.8) is 0 Å². The Kier molecular flexibility index (Phi) is 3.36. The van der Waals surface area contributed by atoms with E-state index in [1.807, 2.05) is 6.92 Å². The molecule has 1 aromatic carbocycles. The fraction of sp³-hybridized carbons (Fsp3) is 0.375. The lowest BCUT2D eigenvalue weighted by Gasteiger charge is -2.33. The number of carbonyl (C=O) groups is 1. The first-order valence-corrected chi connectivity index (χ1v) is 8.51. The van der Waals surface area contributed by atoms with Crippen molar-refractivity contribution in [3.8, 4) is 0 Å². The van der Waals surface area contributed by atoms with Crippen molar-refractivity contribution in [3.05, 3.63) is 33.7 Å². The highest BCUT2D eigenvalue weighted by atomic mass is 32.2. The number of benzene rings is 1. The van der Waals surface area contributed by atoms with Crippen LogP contribution in [0.3, 0.4) is 0 Å². The second kappa shape index (κ2) is 5.22. The van der Waals surface area contributed by atoms with Gasteiger partial charge in [0.25, 0.3) is 0 Å². The average Bonchev–Trinajstić information content (AvgIpc) is 2.93. The summed E-state index contributed by atoms with van der Waals surface area (Å²) in [6.45, 7) is 2.78. The number of aromatic nitrogens is 1. The van der Waals surface area contributed by atoms with Crippen LogP contribution in [-0.4, -0.2) is 39.9 Å². The van der Waals surface area contributed by atoms with Crippen molar-refractivity contribution in [2.75, 3.05) is 18.0 Å². The monoisotopic (exact) mass is 350 g/mol. The zero-order valence-electron chi connectivity index (χ0n) is 12.8. The van der Waals surface area contributed by atoms with E-state index in [1.165, 1.54) is 11.8 Å². The summed E-state index contributed by atoms with van der Waals surface area (Å²) in [7, 11) is 0. The van der Waals surface area contributed by atoms with E-state index in [4.69, 9.17) is 0 Å². The number of nitrogens with zero attached hydrogens (tertiary/aromatic N) is 2. The van der Waals surface area contributed by atoms with E-state index in [-0.39, 0.29) is 16.3 Å². The Balaban J connectivity index is 2.00. The second-order valence-corrected chi connectivity index (χ2v) is 7.42. The predicted molar refractivity (Wildman–Crippen MR) is 88.5 cm³/mol. The second-order valence-electron chi connectivity index (χ2n) is 6.11. The maximum Gasteiger partial charge on any atom is 0.342 e. The number of aromatic carboxylic acids is 1. The van der Waals surface area contributed by atoms with Gasteiger partial charge in [0.1, 0.15) is 11.4 Å². The van der Waals surface area contributed by atoms with Gasteiger partial charge in [0.05, 0.1) is 27.7 Å². The van der Waals surface area contributed by atoms with Crippen LogP contribution in [0.15, 0.2) is 22.0 Å². The Bertz CT molecular complexity index is 942. The summed E-state index contributed by atoms with van der Waals surface area (Å²) in [5.41, 5.74) is -0.0891. The molecular formula is C16H15FN2O4S. The van der Waals surface area contributed by atoms with Crippen LogP contribution in [-0.2, 0) is 0 Å². The number of anilines is 1. The van der Waals surface area contributed by atoms with E-state index in [9.17, 15) is 24.2 Å². The molecular weight excluding hydrogens is 335 g/mol. The van der Waals surface area contributed by atoms with Crippen LogP contribution < -0.4 is 10.3 Å². The van der Waals surface area contributed by atoms with E-state index in [2.05, 4.69) is 0 Å². The molecule has 1 aromatic heterocycles. The Morgan fingerprint density at radius 3 is 2.75 bits per heavy atom. The molecule has 0 bridgehead atoms. The molecule has 0 aliphatic carbocycles. The molecule has 0 radical (unpaired) electrons. The standard InChI is InChI=1S/C16H15FN2O4S/c1-7-19-11-5-12(18-3-2-8(20)6-18)10(17)4-9(11)14(21)13(16(22)23)15(19)24-7/h4-5,7-8,20H,2-3,6H2,1H3,(H,22,23). The first kappa shape index (κ1) is 15.5. The van der Waals surface area contributed by atoms with Gasteiger partial charge in [-0.2, -0.15) is 0 Å². The van der Waals surface area contributed by atoms with Crippen molar-refractivity contribution in [2.45, 2.75) is 29.8 Å². The van der Waals surface area contributed by atoms with Crippen LogP contribution in [0.5, 0.6) is 0 Å². The highest BCUT2D eigenvalue weighted by Crippen LogP contribution is 2.46. The van der Waals surface area contributed by atoms with Gasteiger partial charge < -0.3 is 19.7 Å². The number of fused-ring (bicyclic) bond motifs is 3. The Morgan fingerprint density at radius 1 is 1.42 bits per heavy atom. The topological polar surface area (TPSA) is 82.8 Å². The Morgan fingerprint density at radius 2 is 2.17 bits per heavy atom. The molecule has 0 amide bonds. The van der Waals surface area contributed by atoms with Gasteiger partial charge in [0, 0.05) is 18.5 Å². The van der Waals surface area contributed by atoms with Gasteiger partial charge >= 0.3 is 5.97 Å². The lowest BCUT2D eigenvalue weighted by molar-refractivity contribution is 0.0689. The zero-order chi connectivity index (χ0) is 17.2. The molecule has 3 heterocycles. The SMILES string of the molecule is CC1Sc2c(C(=O)O)c(=O)c3cc(F)c(N4CCC(O)C4)cc3n21. The molecule has 2 N–H and O–H groups in total. The molecule has 2 aromatic rings. The molecule has 2 unspecified atom stereocenters. The number of thioether (sulfide) groups is 1. The van der Waals surface area contributed by atoms with Gasteiger partial charge in [-0.25, -0.2) is 9.18 Å². The van der Waals surface area contributed by atoms with Gasteiger partial charge in [0.15, 0.2) is 0 Å². The number of aliphatic hydroxyl groups is 1. The fourth-order valence-corrected chi connectivity index (χ4v) is 4.58. The van der Waals surface area contributed by atoms with E-state index >= 15 is 0 Å². The van der Waals surface area contributed by atoms with Gasteiger partial charge in [-0.15, -0.1) is 0 Å². The molecule has 126 valence electrons. The predicted octanol–water partition coefficient (Wildman–Crippen LogP) is 2.03. The number of carboxylic acid groups (broad SMARTS) is 1. The van der Waals surface area contributed by atoms with Crippen LogP contribution in [0.25, 0.3) is 10.9 Å². The Labute approximate surface area is 140 Å². The van der Waals surface area contributed by atoms with Crippen molar-refractivity contribution < 1.29 is 19.4 Å². The molecule has 2 atom stereocenters. The summed E-state index contributed by atoms with van der Waals surface area (Å²) in [6, 6.07) is 2.71. The van der Waals surface area contributed by atoms with Gasteiger partial charge in [-0.3, -0.25) is 4.79 Å². The molecule has 1 saturated heterocycles. The van der Waals surface area contributed by atoms with E-state index in [0.29, 0.717) is 35.7 Å². The highest BCUT2D eigenvalue weighted by molar-refractivity contribution is 8.00. The molecule has 0 spiro atoms. The van der Waals surface area contributed by atoms with E-state index in [1.54, 1.807) is 15.5 Å². The summed E-state index contributed by atoms with van der Waals surface area (Å²) in [4.78, 5) is 25.7. The van der Waals surface area contributed by atoms with Crippen molar-refractivity contribution in [1.82, 2.24) is 4.57 Å². The summed E-state index contributed by atoms with van der Waals surface area (Å²) in [6.07, 6.45) is 0.0781.